The number of amides is 1. The second-order valence-electron chi connectivity index (χ2n) is 7.11. The number of carbonyl (C=O) groups excluding carboxylic acids is 1. The van der Waals surface area contributed by atoms with Crippen LogP contribution in [0.5, 0.6) is 0 Å². The summed E-state index contributed by atoms with van der Waals surface area (Å²) < 4.78 is 0.0409. The van der Waals surface area contributed by atoms with Gasteiger partial charge in [-0.2, -0.15) is 0 Å². The molecule has 0 aliphatic rings. The molecule has 0 fully saturated rings. The standard InChI is InChI=1S/C27H20Cl2NOP.ClH/c28-25(29)27(30-26(31)21-13-5-1-6-14-21)32(22-15-7-2-8-16-22,23-17-9-3-10-18-23)24-19-11-4-12-20-24;/h1-20H;1H/p+1. The SMILES string of the molecule is Cl.O=C(NC(=C(Cl)Cl)[P+](c1ccccc1)(c1ccccc1)c1ccccc1)c1ccccc1. The number of carbonyl (C=O) groups is 1. The van der Waals surface area contributed by atoms with Crippen LogP contribution in [-0.4, -0.2) is 5.91 Å². The highest BCUT2D eigenvalue weighted by molar-refractivity contribution is 7.99. The molecule has 0 aliphatic heterocycles. The highest BCUT2D eigenvalue weighted by Crippen LogP contribution is 2.63. The fourth-order valence-electron chi connectivity index (χ4n) is 3.82. The third-order valence-electron chi connectivity index (χ3n) is 5.21. The van der Waals surface area contributed by atoms with E-state index < -0.39 is 7.26 Å². The summed E-state index contributed by atoms with van der Waals surface area (Å²) in [6.45, 7) is 0. The number of benzene rings is 4. The molecule has 1 N–H and O–H groups in total. The van der Waals surface area contributed by atoms with E-state index in [1.807, 2.05) is 72.8 Å². The van der Waals surface area contributed by atoms with Gasteiger partial charge in [0, 0.05) is 5.56 Å². The monoisotopic (exact) mass is 512 g/mol. The Kier molecular flexibility index (Phi) is 8.72. The van der Waals surface area contributed by atoms with Crippen LogP contribution in [-0.2, 0) is 0 Å². The van der Waals surface area contributed by atoms with Crippen molar-refractivity contribution in [3.63, 3.8) is 0 Å². The summed E-state index contributed by atoms with van der Waals surface area (Å²) in [6.07, 6.45) is 0. The molecule has 0 spiro atoms. The molecule has 0 bridgehead atoms. The molecular formula is C27H22Cl3NOP+. The molecule has 0 radical (unpaired) electrons. The average molecular weight is 514 g/mol. The van der Waals surface area contributed by atoms with Crippen molar-refractivity contribution in [1.29, 1.82) is 0 Å². The molecule has 0 aliphatic carbocycles. The summed E-state index contributed by atoms with van der Waals surface area (Å²) in [5.74, 6) is -0.258. The highest BCUT2D eigenvalue weighted by Gasteiger charge is 2.52. The second kappa shape index (κ2) is 11.5. The predicted octanol–water partition coefficient (Wildman–Crippen LogP) is 6.44. The quantitative estimate of drug-likeness (QED) is 0.296. The van der Waals surface area contributed by atoms with E-state index in [9.17, 15) is 4.79 Å². The number of hydrogen-bond acceptors (Lipinski definition) is 1. The van der Waals surface area contributed by atoms with Gasteiger partial charge in [0.25, 0.3) is 5.91 Å². The zero-order valence-electron chi connectivity index (χ0n) is 17.6. The van der Waals surface area contributed by atoms with Crippen molar-refractivity contribution in [2.24, 2.45) is 0 Å². The molecule has 0 aromatic heterocycles. The smallest absolute Gasteiger partial charge is 0.258 e. The molecule has 0 atom stereocenters. The van der Waals surface area contributed by atoms with E-state index in [-0.39, 0.29) is 22.8 Å². The number of halogens is 3. The van der Waals surface area contributed by atoms with Gasteiger partial charge in [-0.1, -0.05) is 96.0 Å². The third kappa shape index (κ3) is 5.16. The van der Waals surface area contributed by atoms with Gasteiger partial charge < -0.3 is 0 Å². The Hall–Kier alpha value is -2.61. The van der Waals surface area contributed by atoms with Crippen LogP contribution in [0.1, 0.15) is 10.4 Å². The van der Waals surface area contributed by atoms with Gasteiger partial charge in [-0.25, -0.2) is 0 Å². The van der Waals surface area contributed by atoms with Crippen molar-refractivity contribution in [3.8, 4) is 0 Å². The minimum atomic E-state index is -2.61. The van der Waals surface area contributed by atoms with Gasteiger partial charge in [0.15, 0.2) is 11.8 Å². The molecule has 0 heterocycles. The Balaban J connectivity index is 0.00000306. The second-order valence-corrected chi connectivity index (χ2v) is 11.4. The highest BCUT2D eigenvalue weighted by atomic mass is 35.5. The first kappa shape index (κ1) is 25.0. The lowest BCUT2D eigenvalue weighted by Crippen LogP contribution is -2.38. The van der Waals surface area contributed by atoms with Gasteiger partial charge in [-0.3, -0.25) is 10.1 Å². The average Bonchev–Trinajstić information content (AvgIpc) is 2.86. The molecule has 166 valence electrons. The molecule has 6 heteroatoms. The Labute approximate surface area is 211 Å². The maximum Gasteiger partial charge on any atom is 0.258 e. The number of hydrogen-bond donors (Lipinski definition) is 1. The molecule has 2 nitrogen and oxygen atoms in total. The first-order chi connectivity index (χ1) is 15.6. The van der Waals surface area contributed by atoms with E-state index in [0.29, 0.717) is 11.0 Å². The molecule has 4 aromatic rings. The van der Waals surface area contributed by atoms with E-state index in [4.69, 9.17) is 23.2 Å². The van der Waals surface area contributed by atoms with Crippen LogP contribution in [0, 0.1) is 0 Å². The predicted molar refractivity (Wildman–Crippen MR) is 145 cm³/mol. The lowest BCUT2D eigenvalue weighted by atomic mass is 10.2. The molecule has 0 unspecified atom stereocenters. The Morgan fingerprint density at radius 1 is 0.576 bits per heavy atom. The van der Waals surface area contributed by atoms with E-state index in [2.05, 4.69) is 41.7 Å². The third-order valence-corrected chi connectivity index (χ3v) is 10.1. The van der Waals surface area contributed by atoms with Crippen LogP contribution in [0.4, 0.5) is 0 Å². The van der Waals surface area contributed by atoms with E-state index in [1.54, 1.807) is 12.1 Å². The van der Waals surface area contributed by atoms with Gasteiger partial charge in [0.1, 0.15) is 15.9 Å². The first-order valence-electron chi connectivity index (χ1n) is 10.1. The lowest BCUT2D eigenvalue weighted by Gasteiger charge is -2.29. The first-order valence-corrected chi connectivity index (χ1v) is 12.7. The van der Waals surface area contributed by atoms with Crippen LogP contribution >= 0.6 is 42.9 Å². The molecule has 0 saturated heterocycles. The van der Waals surface area contributed by atoms with E-state index >= 15 is 0 Å². The molecule has 33 heavy (non-hydrogen) atoms. The zero-order chi connectivity index (χ0) is 22.4. The van der Waals surface area contributed by atoms with Crippen LogP contribution in [0.25, 0.3) is 0 Å². The van der Waals surface area contributed by atoms with Crippen LogP contribution in [0.2, 0.25) is 0 Å². The molecule has 1 amide bonds. The normalized spacial score (nSPS) is 10.6. The fourth-order valence-corrected chi connectivity index (χ4v) is 8.72. The van der Waals surface area contributed by atoms with Crippen molar-refractivity contribution in [2.45, 2.75) is 0 Å². The maximum atomic E-state index is 13.3. The largest absolute Gasteiger partial charge is 0.290 e. The van der Waals surface area contributed by atoms with Crippen molar-refractivity contribution in [3.05, 3.63) is 137 Å². The molecule has 4 rings (SSSR count). The summed E-state index contributed by atoms with van der Waals surface area (Å²) in [7, 11) is -2.61. The van der Waals surface area contributed by atoms with E-state index in [1.165, 1.54) is 0 Å². The molecular weight excluding hydrogens is 492 g/mol. The maximum absolute atomic E-state index is 13.3. The topological polar surface area (TPSA) is 29.1 Å². The van der Waals surface area contributed by atoms with Gasteiger partial charge >= 0.3 is 0 Å². The van der Waals surface area contributed by atoms with Gasteiger partial charge in [0.2, 0.25) is 5.44 Å². The summed E-state index contributed by atoms with van der Waals surface area (Å²) in [4.78, 5) is 13.3. The minimum absolute atomic E-state index is 0. The Morgan fingerprint density at radius 2 is 0.909 bits per heavy atom. The molecule has 4 aromatic carbocycles. The Bertz CT molecular complexity index is 1120. The zero-order valence-corrected chi connectivity index (χ0v) is 20.8. The van der Waals surface area contributed by atoms with Crippen molar-refractivity contribution >= 4 is 64.7 Å². The van der Waals surface area contributed by atoms with Crippen LogP contribution in [0.15, 0.2) is 131 Å². The summed E-state index contributed by atoms with van der Waals surface area (Å²) in [6, 6.07) is 39.4. The van der Waals surface area contributed by atoms with E-state index in [0.717, 1.165) is 15.9 Å². The summed E-state index contributed by atoms with van der Waals surface area (Å²) in [5, 5.41) is 6.22. The molecule has 0 saturated carbocycles. The van der Waals surface area contributed by atoms with Gasteiger partial charge in [-0.15, -0.1) is 12.4 Å². The lowest BCUT2D eigenvalue weighted by molar-refractivity contribution is 0.0968. The van der Waals surface area contributed by atoms with Crippen LogP contribution in [0.3, 0.4) is 0 Å². The van der Waals surface area contributed by atoms with Gasteiger partial charge in [-0.05, 0) is 48.5 Å². The van der Waals surface area contributed by atoms with Crippen molar-refractivity contribution in [2.75, 3.05) is 0 Å². The van der Waals surface area contributed by atoms with Gasteiger partial charge in [0.05, 0.1) is 0 Å². The Morgan fingerprint density at radius 3 is 1.24 bits per heavy atom. The van der Waals surface area contributed by atoms with Crippen molar-refractivity contribution in [1.82, 2.24) is 5.32 Å². The number of rotatable bonds is 6. The van der Waals surface area contributed by atoms with Crippen LogP contribution < -0.4 is 21.2 Å². The fraction of sp³-hybridized carbons (Fsp3) is 0. The summed E-state index contributed by atoms with van der Waals surface area (Å²) >= 11 is 13.1. The minimum Gasteiger partial charge on any atom is -0.290 e. The summed E-state index contributed by atoms with van der Waals surface area (Å²) in [5.41, 5.74) is 1.05. The van der Waals surface area contributed by atoms with Crippen molar-refractivity contribution < 1.29 is 4.79 Å². The number of nitrogens with one attached hydrogen (secondary N) is 1.